The predicted molar refractivity (Wildman–Crippen MR) is 86.2 cm³/mol. The highest BCUT2D eigenvalue weighted by Gasteiger charge is 1.99. The summed E-state index contributed by atoms with van der Waals surface area (Å²) < 4.78 is 11.5. The molecule has 0 amide bonds. The zero-order valence-corrected chi connectivity index (χ0v) is 12.5. The third kappa shape index (κ3) is 5.88. The molecule has 0 saturated heterocycles. The predicted octanol–water partition coefficient (Wildman–Crippen LogP) is 4.25. The van der Waals surface area contributed by atoms with E-state index < -0.39 is 0 Å². The van der Waals surface area contributed by atoms with Crippen LogP contribution in [0.3, 0.4) is 0 Å². The van der Waals surface area contributed by atoms with E-state index >= 15 is 0 Å². The van der Waals surface area contributed by atoms with E-state index in [9.17, 15) is 0 Å². The Morgan fingerprint density at radius 1 is 0.857 bits per heavy atom. The standard InChI is InChI=1S/C18H23NO2/c1-2-12-19-13-7-14-20-17-10-6-11-18(15-17)21-16-8-4-3-5-9-16/h3-6,8-11,15,19H,2,7,12-14H2,1H3. The van der Waals surface area contributed by atoms with Crippen LogP contribution in [0.15, 0.2) is 54.6 Å². The minimum absolute atomic E-state index is 0.714. The van der Waals surface area contributed by atoms with Gasteiger partial charge in [-0.2, -0.15) is 0 Å². The van der Waals surface area contributed by atoms with E-state index in [1.54, 1.807) is 0 Å². The van der Waals surface area contributed by atoms with Gasteiger partial charge in [0.2, 0.25) is 0 Å². The molecule has 0 heterocycles. The molecule has 0 bridgehead atoms. The van der Waals surface area contributed by atoms with Crippen molar-refractivity contribution in [1.82, 2.24) is 5.32 Å². The van der Waals surface area contributed by atoms with Crippen molar-refractivity contribution in [2.75, 3.05) is 19.7 Å². The molecule has 0 aliphatic heterocycles. The molecule has 2 aromatic rings. The van der Waals surface area contributed by atoms with E-state index in [4.69, 9.17) is 9.47 Å². The smallest absolute Gasteiger partial charge is 0.131 e. The number of hydrogen-bond donors (Lipinski definition) is 1. The Hall–Kier alpha value is -2.00. The first-order valence-electron chi connectivity index (χ1n) is 7.55. The van der Waals surface area contributed by atoms with Crippen LogP contribution in [0.4, 0.5) is 0 Å². The van der Waals surface area contributed by atoms with Gasteiger partial charge in [-0.3, -0.25) is 0 Å². The normalized spacial score (nSPS) is 10.3. The van der Waals surface area contributed by atoms with Gasteiger partial charge in [0.1, 0.15) is 17.2 Å². The Morgan fingerprint density at radius 3 is 2.43 bits per heavy atom. The molecule has 3 heteroatoms. The number of ether oxygens (including phenoxy) is 2. The Morgan fingerprint density at radius 2 is 1.62 bits per heavy atom. The molecule has 0 aliphatic carbocycles. The highest BCUT2D eigenvalue weighted by atomic mass is 16.5. The first-order valence-corrected chi connectivity index (χ1v) is 7.55. The van der Waals surface area contributed by atoms with E-state index in [0.29, 0.717) is 6.61 Å². The molecule has 3 nitrogen and oxygen atoms in total. The molecule has 2 rings (SSSR count). The summed E-state index contributed by atoms with van der Waals surface area (Å²) in [4.78, 5) is 0. The lowest BCUT2D eigenvalue weighted by Crippen LogP contribution is -2.18. The van der Waals surface area contributed by atoms with Crippen molar-refractivity contribution in [3.8, 4) is 17.2 Å². The van der Waals surface area contributed by atoms with Gasteiger partial charge in [0.05, 0.1) is 6.61 Å². The Kier molecular flexibility index (Phi) is 6.62. The Bertz CT molecular complexity index is 514. The van der Waals surface area contributed by atoms with Gasteiger partial charge in [0, 0.05) is 6.07 Å². The Labute approximate surface area is 126 Å². The van der Waals surface area contributed by atoms with Crippen LogP contribution in [0.5, 0.6) is 17.2 Å². The van der Waals surface area contributed by atoms with Crippen molar-refractivity contribution in [1.29, 1.82) is 0 Å². The van der Waals surface area contributed by atoms with Crippen LogP contribution in [0.25, 0.3) is 0 Å². The lowest BCUT2D eigenvalue weighted by atomic mass is 10.3. The molecule has 0 aromatic heterocycles. The maximum atomic E-state index is 5.79. The molecule has 0 aliphatic rings. The fourth-order valence-electron chi connectivity index (χ4n) is 1.94. The first-order chi connectivity index (χ1) is 10.4. The topological polar surface area (TPSA) is 30.5 Å². The second kappa shape index (κ2) is 9.03. The molecule has 0 unspecified atom stereocenters. The third-order valence-corrected chi connectivity index (χ3v) is 2.98. The minimum atomic E-state index is 0.714. The van der Waals surface area contributed by atoms with E-state index in [2.05, 4.69) is 12.2 Å². The van der Waals surface area contributed by atoms with Crippen molar-refractivity contribution in [2.24, 2.45) is 0 Å². The van der Waals surface area contributed by atoms with Crippen molar-refractivity contribution in [3.63, 3.8) is 0 Å². The molecule has 0 atom stereocenters. The van der Waals surface area contributed by atoms with Crippen LogP contribution in [-0.4, -0.2) is 19.7 Å². The summed E-state index contributed by atoms with van der Waals surface area (Å²) in [6.45, 7) is 4.95. The van der Waals surface area contributed by atoms with Gasteiger partial charge >= 0.3 is 0 Å². The maximum Gasteiger partial charge on any atom is 0.131 e. The van der Waals surface area contributed by atoms with Crippen molar-refractivity contribution < 1.29 is 9.47 Å². The second-order valence-corrected chi connectivity index (χ2v) is 4.84. The summed E-state index contributed by atoms with van der Waals surface area (Å²) in [5.74, 6) is 2.47. The summed E-state index contributed by atoms with van der Waals surface area (Å²) in [7, 11) is 0. The summed E-state index contributed by atoms with van der Waals surface area (Å²) in [5, 5.41) is 3.36. The zero-order chi connectivity index (χ0) is 14.8. The van der Waals surface area contributed by atoms with Gasteiger partial charge in [-0.25, -0.2) is 0 Å². The summed E-state index contributed by atoms with van der Waals surface area (Å²) in [6, 6.07) is 17.5. The average molecular weight is 285 g/mol. The monoisotopic (exact) mass is 285 g/mol. The summed E-state index contributed by atoms with van der Waals surface area (Å²) in [5.41, 5.74) is 0. The second-order valence-electron chi connectivity index (χ2n) is 4.84. The lowest BCUT2D eigenvalue weighted by Gasteiger charge is -2.09. The Balaban J connectivity index is 1.78. The molecular formula is C18H23NO2. The zero-order valence-electron chi connectivity index (χ0n) is 12.5. The quantitative estimate of drug-likeness (QED) is 0.699. The molecule has 0 saturated carbocycles. The summed E-state index contributed by atoms with van der Waals surface area (Å²) >= 11 is 0. The van der Waals surface area contributed by atoms with Gasteiger partial charge < -0.3 is 14.8 Å². The maximum absolute atomic E-state index is 5.79. The van der Waals surface area contributed by atoms with E-state index in [1.807, 2.05) is 54.6 Å². The van der Waals surface area contributed by atoms with Crippen molar-refractivity contribution >= 4 is 0 Å². The van der Waals surface area contributed by atoms with Crippen LogP contribution < -0.4 is 14.8 Å². The van der Waals surface area contributed by atoms with Gasteiger partial charge in [-0.1, -0.05) is 31.2 Å². The van der Waals surface area contributed by atoms with Crippen molar-refractivity contribution in [2.45, 2.75) is 19.8 Å². The number of nitrogens with one attached hydrogen (secondary N) is 1. The number of hydrogen-bond acceptors (Lipinski definition) is 3. The van der Waals surface area contributed by atoms with Gasteiger partial charge in [0.25, 0.3) is 0 Å². The first kappa shape index (κ1) is 15.4. The average Bonchev–Trinajstić information content (AvgIpc) is 2.52. The lowest BCUT2D eigenvalue weighted by molar-refractivity contribution is 0.307. The molecule has 21 heavy (non-hydrogen) atoms. The molecule has 2 aromatic carbocycles. The van der Waals surface area contributed by atoms with E-state index in [1.165, 1.54) is 6.42 Å². The highest BCUT2D eigenvalue weighted by molar-refractivity contribution is 5.36. The molecular weight excluding hydrogens is 262 g/mol. The van der Waals surface area contributed by atoms with Gasteiger partial charge in [-0.05, 0) is 50.2 Å². The fraction of sp³-hybridized carbons (Fsp3) is 0.333. The van der Waals surface area contributed by atoms with E-state index in [0.717, 1.165) is 36.8 Å². The van der Waals surface area contributed by atoms with Gasteiger partial charge in [0.15, 0.2) is 0 Å². The highest BCUT2D eigenvalue weighted by Crippen LogP contribution is 2.24. The fourth-order valence-corrected chi connectivity index (χ4v) is 1.94. The summed E-state index contributed by atoms with van der Waals surface area (Å²) in [6.07, 6.45) is 2.17. The molecule has 112 valence electrons. The van der Waals surface area contributed by atoms with Crippen LogP contribution in [0, 0.1) is 0 Å². The third-order valence-electron chi connectivity index (χ3n) is 2.98. The largest absolute Gasteiger partial charge is 0.493 e. The number of para-hydroxylation sites is 1. The number of benzene rings is 2. The molecule has 0 spiro atoms. The minimum Gasteiger partial charge on any atom is -0.493 e. The molecule has 0 radical (unpaired) electrons. The van der Waals surface area contributed by atoms with Crippen LogP contribution in [0.1, 0.15) is 19.8 Å². The van der Waals surface area contributed by atoms with Crippen LogP contribution >= 0.6 is 0 Å². The van der Waals surface area contributed by atoms with Gasteiger partial charge in [-0.15, -0.1) is 0 Å². The van der Waals surface area contributed by atoms with Crippen LogP contribution in [0.2, 0.25) is 0 Å². The van der Waals surface area contributed by atoms with Crippen LogP contribution in [-0.2, 0) is 0 Å². The van der Waals surface area contributed by atoms with E-state index in [-0.39, 0.29) is 0 Å². The number of rotatable bonds is 9. The molecule has 0 fully saturated rings. The van der Waals surface area contributed by atoms with Crippen molar-refractivity contribution in [3.05, 3.63) is 54.6 Å². The SMILES string of the molecule is CCCNCCCOc1cccc(Oc2ccccc2)c1. The molecule has 1 N–H and O–H groups in total.